The van der Waals surface area contributed by atoms with E-state index in [-0.39, 0.29) is 29.8 Å². The van der Waals surface area contributed by atoms with Crippen molar-refractivity contribution in [1.82, 2.24) is 5.32 Å². The molecule has 3 rings (SSSR count). The van der Waals surface area contributed by atoms with E-state index in [2.05, 4.69) is 10.6 Å². The molecule has 1 aromatic carbocycles. The Morgan fingerprint density at radius 2 is 1.68 bits per heavy atom. The van der Waals surface area contributed by atoms with Crippen molar-refractivity contribution in [3.05, 3.63) is 29.8 Å². The van der Waals surface area contributed by atoms with E-state index in [0.29, 0.717) is 5.56 Å². The quantitative estimate of drug-likeness (QED) is 0.795. The van der Waals surface area contributed by atoms with Gasteiger partial charge in [-0.2, -0.15) is 0 Å². The van der Waals surface area contributed by atoms with Gasteiger partial charge in [0.2, 0.25) is 5.91 Å². The highest BCUT2D eigenvalue weighted by atomic mass is 16.2. The van der Waals surface area contributed by atoms with Crippen LogP contribution >= 0.6 is 0 Å². The van der Waals surface area contributed by atoms with Gasteiger partial charge in [-0.1, -0.05) is 12.8 Å². The van der Waals surface area contributed by atoms with E-state index >= 15 is 0 Å². The lowest BCUT2D eigenvalue weighted by molar-refractivity contribution is -0.117. The lowest BCUT2D eigenvalue weighted by Crippen LogP contribution is -2.49. The van der Waals surface area contributed by atoms with Crippen LogP contribution in [0, 0.1) is 5.92 Å². The molecule has 0 spiro atoms. The number of nitrogens with two attached hydrogens (primary N) is 1. The summed E-state index contributed by atoms with van der Waals surface area (Å²) in [5, 5.41) is 5.89. The highest BCUT2D eigenvalue weighted by molar-refractivity contribution is 5.96. The van der Waals surface area contributed by atoms with Gasteiger partial charge in [0.05, 0.1) is 0 Å². The summed E-state index contributed by atoms with van der Waals surface area (Å²) >= 11 is 0. The van der Waals surface area contributed by atoms with E-state index in [4.69, 9.17) is 5.73 Å². The van der Waals surface area contributed by atoms with Gasteiger partial charge in [-0.15, -0.1) is 0 Å². The molecule has 2 aliphatic rings. The van der Waals surface area contributed by atoms with Crippen LogP contribution in [0.2, 0.25) is 0 Å². The van der Waals surface area contributed by atoms with Gasteiger partial charge in [0.15, 0.2) is 0 Å². The number of carbonyl (C=O) groups is 2. The third-order valence-corrected chi connectivity index (χ3v) is 4.50. The molecule has 0 unspecified atom stereocenters. The largest absolute Gasteiger partial charge is 0.348 e. The van der Waals surface area contributed by atoms with Crippen LogP contribution in [-0.2, 0) is 4.79 Å². The molecule has 2 amide bonds. The van der Waals surface area contributed by atoms with Gasteiger partial charge in [-0.3, -0.25) is 9.59 Å². The molecule has 5 heteroatoms. The fourth-order valence-corrected chi connectivity index (χ4v) is 2.89. The molecule has 2 saturated carbocycles. The van der Waals surface area contributed by atoms with Crippen molar-refractivity contribution < 1.29 is 9.59 Å². The van der Waals surface area contributed by atoms with E-state index in [9.17, 15) is 9.59 Å². The Morgan fingerprint density at radius 3 is 2.32 bits per heavy atom. The first-order valence-corrected chi connectivity index (χ1v) is 8.11. The number of amides is 2. The van der Waals surface area contributed by atoms with Crippen molar-refractivity contribution in [1.29, 1.82) is 0 Å². The van der Waals surface area contributed by atoms with Crippen LogP contribution in [0.15, 0.2) is 24.3 Å². The van der Waals surface area contributed by atoms with Gasteiger partial charge in [0.1, 0.15) is 0 Å². The summed E-state index contributed by atoms with van der Waals surface area (Å²) in [7, 11) is 0. The molecule has 5 nitrogen and oxygen atoms in total. The lowest BCUT2D eigenvalue weighted by Gasteiger charge is -2.29. The van der Waals surface area contributed by atoms with E-state index in [1.807, 2.05) is 0 Å². The third-order valence-electron chi connectivity index (χ3n) is 4.50. The van der Waals surface area contributed by atoms with Gasteiger partial charge >= 0.3 is 0 Å². The standard InChI is InChI=1S/C17H23N3O2/c18-14-3-1-2-4-15(14)20-17(22)12-7-9-13(10-8-12)19-16(21)11-5-6-11/h7-11,14-15H,1-6,18H2,(H,19,21)(H,20,22)/t14-,15-/m1/s1. The Kier molecular flexibility index (Phi) is 4.43. The number of benzene rings is 1. The van der Waals surface area contributed by atoms with Crippen molar-refractivity contribution >= 4 is 17.5 Å². The fraction of sp³-hybridized carbons (Fsp3) is 0.529. The third kappa shape index (κ3) is 3.65. The Bertz CT molecular complexity index is 552. The summed E-state index contributed by atoms with van der Waals surface area (Å²) in [5.41, 5.74) is 7.39. The molecule has 0 aromatic heterocycles. The fourth-order valence-electron chi connectivity index (χ4n) is 2.89. The Balaban J connectivity index is 1.57. The van der Waals surface area contributed by atoms with Gasteiger partial charge in [0, 0.05) is 29.3 Å². The van der Waals surface area contributed by atoms with E-state index in [1.165, 1.54) is 0 Å². The molecule has 2 fully saturated rings. The second-order valence-corrected chi connectivity index (χ2v) is 6.37. The molecule has 0 saturated heterocycles. The Morgan fingerprint density at radius 1 is 1.00 bits per heavy atom. The van der Waals surface area contributed by atoms with Gasteiger partial charge in [0.25, 0.3) is 5.91 Å². The van der Waals surface area contributed by atoms with E-state index < -0.39 is 0 Å². The zero-order valence-corrected chi connectivity index (χ0v) is 12.7. The maximum atomic E-state index is 12.3. The van der Waals surface area contributed by atoms with Crippen LogP contribution in [0.3, 0.4) is 0 Å². The van der Waals surface area contributed by atoms with Crippen LogP contribution in [0.1, 0.15) is 48.9 Å². The smallest absolute Gasteiger partial charge is 0.251 e. The van der Waals surface area contributed by atoms with Crippen molar-refractivity contribution in [2.24, 2.45) is 11.7 Å². The van der Waals surface area contributed by atoms with Gasteiger partial charge < -0.3 is 16.4 Å². The number of carbonyl (C=O) groups excluding carboxylic acids is 2. The summed E-state index contributed by atoms with van der Waals surface area (Å²) in [6.45, 7) is 0. The molecular weight excluding hydrogens is 278 g/mol. The number of hydrogen-bond acceptors (Lipinski definition) is 3. The molecule has 0 radical (unpaired) electrons. The topological polar surface area (TPSA) is 84.2 Å². The van der Waals surface area contributed by atoms with Crippen molar-refractivity contribution in [3.8, 4) is 0 Å². The second-order valence-electron chi connectivity index (χ2n) is 6.37. The minimum absolute atomic E-state index is 0.0507. The predicted molar refractivity (Wildman–Crippen MR) is 85.5 cm³/mol. The number of rotatable bonds is 4. The summed E-state index contributed by atoms with van der Waals surface area (Å²) < 4.78 is 0. The summed E-state index contributed by atoms with van der Waals surface area (Å²) in [4.78, 5) is 23.9. The SMILES string of the molecule is N[C@@H]1CCCC[C@H]1NC(=O)c1ccc(NC(=O)C2CC2)cc1. The normalized spacial score (nSPS) is 24.6. The maximum absolute atomic E-state index is 12.3. The van der Waals surface area contributed by atoms with Crippen molar-refractivity contribution in [3.63, 3.8) is 0 Å². The first-order chi connectivity index (χ1) is 10.6. The number of anilines is 1. The van der Waals surface area contributed by atoms with Crippen molar-refractivity contribution in [2.45, 2.75) is 50.6 Å². The average Bonchev–Trinajstić information content (AvgIpc) is 3.35. The first kappa shape index (κ1) is 15.0. The maximum Gasteiger partial charge on any atom is 0.251 e. The van der Waals surface area contributed by atoms with Crippen LogP contribution in [0.5, 0.6) is 0 Å². The van der Waals surface area contributed by atoms with Crippen LogP contribution in [-0.4, -0.2) is 23.9 Å². The Hall–Kier alpha value is -1.88. The average molecular weight is 301 g/mol. The van der Waals surface area contributed by atoms with Gasteiger partial charge in [-0.25, -0.2) is 0 Å². The molecule has 4 N–H and O–H groups in total. The minimum atomic E-state index is -0.0950. The molecule has 0 bridgehead atoms. The highest BCUT2D eigenvalue weighted by Crippen LogP contribution is 2.30. The van der Waals surface area contributed by atoms with Crippen molar-refractivity contribution in [2.75, 3.05) is 5.32 Å². The summed E-state index contributed by atoms with van der Waals surface area (Å²) in [6.07, 6.45) is 6.13. The number of nitrogens with one attached hydrogen (secondary N) is 2. The summed E-state index contributed by atoms with van der Waals surface area (Å²) in [6, 6.07) is 7.15. The summed E-state index contributed by atoms with van der Waals surface area (Å²) in [5.74, 6) is 0.156. The molecule has 0 aliphatic heterocycles. The first-order valence-electron chi connectivity index (χ1n) is 8.11. The van der Waals surface area contributed by atoms with Crippen LogP contribution < -0.4 is 16.4 Å². The predicted octanol–water partition coefficient (Wildman–Crippen LogP) is 2.03. The zero-order chi connectivity index (χ0) is 15.5. The Labute approximate surface area is 130 Å². The molecular formula is C17H23N3O2. The van der Waals surface area contributed by atoms with E-state index in [1.54, 1.807) is 24.3 Å². The zero-order valence-electron chi connectivity index (χ0n) is 12.7. The minimum Gasteiger partial charge on any atom is -0.348 e. The molecule has 0 heterocycles. The monoisotopic (exact) mass is 301 g/mol. The van der Waals surface area contributed by atoms with Crippen LogP contribution in [0.25, 0.3) is 0 Å². The molecule has 2 atom stereocenters. The number of hydrogen-bond donors (Lipinski definition) is 3. The second kappa shape index (κ2) is 6.48. The highest BCUT2D eigenvalue weighted by Gasteiger charge is 2.29. The molecule has 2 aliphatic carbocycles. The van der Waals surface area contributed by atoms with E-state index in [0.717, 1.165) is 44.2 Å². The van der Waals surface area contributed by atoms with Gasteiger partial charge in [-0.05, 0) is 49.9 Å². The molecule has 118 valence electrons. The molecule has 1 aromatic rings. The molecule has 22 heavy (non-hydrogen) atoms. The van der Waals surface area contributed by atoms with Crippen LogP contribution in [0.4, 0.5) is 5.69 Å². The lowest BCUT2D eigenvalue weighted by atomic mass is 9.91.